The van der Waals surface area contributed by atoms with Crippen molar-refractivity contribution in [1.29, 1.82) is 0 Å². The Kier molecular flexibility index (Phi) is 8.59. The molecule has 5 heteroatoms. The van der Waals surface area contributed by atoms with Gasteiger partial charge in [0, 0.05) is 12.1 Å². The van der Waals surface area contributed by atoms with Crippen molar-refractivity contribution in [2.45, 2.75) is 0 Å². The first-order chi connectivity index (χ1) is 20.9. The van der Waals surface area contributed by atoms with Crippen molar-refractivity contribution in [3.05, 3.63) is 181 Å². The number of rotatable bonds is 4. The third-order valence-electron chi connectivity index (χ3n) is 7.50. The zero-order chi connectivity index (χ0) is 28.1. The van der Waals surface area contributed by atoms with E-state index in [4.69, 9.17) is 9.98 Å². The fraction of sp³-hybridized carbons (Fsp3) is 0. The van der Waals surface area contributed by atoms with Crippen LogP contribution in [0.4, 0.5) is 34.1 Å². The van der Waals surface area contributed by atoms with Gasteiger partial charge in [-0.05, 0) is 60.7 Å². The molecule has 6 aromatic rings. The number of para-hydroxylation sites is 6. The minimum atomic E-state index is 0. The SMILES string of the molecule is [Ir+3].c1ccc(C2=Nc3ccccc3[NH+]2c2ccccc2)cc1.c1ccc(C2=Nc3ccccc3[NH+]2c2ccccc2)cc1. The molecule has 0 saturated carbocycles. The summed E-state index contributed by atoms with van der Waals surface area (Å²) in [7, 11) is 0. The van der Waals surface area contributed by atoms with Gasteiger partial charge < -0.3 is 0 Å². The van der Waals surface area contributed by atoms with E-state index in [1.54, 1.807) is 0 Å². The maximum Gasteiger partial charge on any atom is 3.00 e. The van der Waals surface area contributed by atoms with Crippen LogP contribution in [0, 0.1) is 0 Å². The third-order valence-corrected chi connectivity index (χ3v) is 7.50. The van der Waals surface area contributed by atoms with E-state index in [2.05, 4.69) is 133 Å². The zero-order valence-electron chi connectivity index (χ0n) is 23.4. The van der Waals surface area contributed by atoms with Gasteiger partial charge in [-0.25, -0.2) is 9.80 Å². The van der Waals surface area contributed by atoms with Gasteiger partial charge in [-0.2, -0.15) is 9.98 Å². The molecule has 2 N–H and O–H groups in total. The van der Waals surface area contributed by atoms with Crippen molar-refractivity contribution in [1.82, 2.24) is 0 Å². The summed E-state index contributed by atoms with van der Waals surface area (Å²) in [4.78, 5) is 12.2. The molecule has 0 saturated heterocycles. The van der Waals surface area contributed by atoms with Gasteiger partial charge in [-0.15, -0.1) is 0 Å². The summed E-state index contributed by atoms with van der Waals surface area (Å²) in [6.07, 6.45) is 0. The Labute approximate surface area is 265 Å². The molecule has 4 nitrogen and oxygen atoms in total. The second kappa shape index (κ2) is 13.0. The van der Waals surface area contributed by atoms with Crippen molar-refractivity contribution >= 4 is 45.8 Å². The molecule has 2 heterocycles. The quantitative estimate of drug-likeness (QED) is 0.192. The molecule has 2 atom stereocenters. The van der Waals surface area contributed by atoms with Crippen molar-refractivity contribution in [2.24, 2.45) is 9.98 Å². The number of nitrogens with one attached hydrogen (secondary N) is 2. The molecular formula is C38H30IrN4+5. The summed E-state index contributed by atoms with van der Waals surface area (Å²) in [6.45, 7) is 0. The van der Waals surface area contributed by atoms with E-state index in [1.165, 1.54) is 32.5 Å². The van der Waals surface area contributed by atoms with Crippen molar-refractivity contribution in [3.8, 4) is 0 Å². The van der Waals surface area contributed by atoms with Crippen LogP contribution in [0.2, 0.25) is 0 Å². The van der Waals surface area contributed by atoms with Gasteiger partial charge in [0.1, 0.15) is 22.7 Å². The number of hydrogen-bond donors (Lipinski definition) is 2. The zero-order valence-corrected chi connectivity index (χ0v) is 25.8. The van der Waals surface area contributed by atoms with Gasteiger partial charge in [0.25, 0.3) is 0 Å². The van der Waals surface area contributed by atoms with E-state index in [-0.39, 0.29) is 20.1 Å². The Morgan fingerprint density at radius 2 is 0.628 bits per heavy atom. The van der Waals surface area contributed by atoms with Crippen LogP contribution in [0.25, 0.3) is 0 Å². The molecule has 206 valence electrons. The summed E-state index contributed by atoms with van der Waals surface area (Å²) in [5.74, 6) is 2.12. The molecule has 43 heavy (non-hydrogen) atoms. The molecule has 0 amide bonds. The summed E-state index contributed by atoms with van der Waals surface area (Å²) in [5.41, 5.74) is 9.27. The molecule has 0 spiro atoms. The Morgan fingerprint density at radius 1 is 0.326 bits per heavy atom. The summed E-state index contributed by atoms with van der Waals surface area (Å²) in [5, 5.41) is 0. The van der Waals surface area contributed by atoms with Crippen LogP contribution < -0.4 is 9.80 Å². The molecule has 2 unspecified atom stereocenters. The Morgan fingerprint density at radius 3 is 1.00 bits per heavy atom. The van der Waals surface area contributed by atoms with Crippen LogP contribution >= 0.6 is 0 Å². The molecule has 2 aliphatic rings. The minimum Gasteiger partial charge on any atom is -0.219 e. The van der Waals surface area contributed by atoms with Crippen molar-refractivity contribution in [3.63, 3.8) is 0 Å². The number of quaternary nitrogens is 2. The first kappa shape index (κ1) is 28.4. The van der Waals surface area contributed by atoms with Crippen molar-refractivity contribution < 1.29 is 29.9 Å². The number of fused-ring (bicyclic) bond motifs is 2. The number of amidine groups is 2. The molecule has 0 fully saturated rings. The molecule has 0 radical (unpaired) electrons. The maximum absolute atomic E-state index is 4.86. The van der Waals surface area contributed by atoms with Gasteiger partial charge in [0.15, 0.2) is 11.4 Å². The van der Waals surface area contributed by atoms with Gasteiger partial charge in [-0.3, -0.25) is 0 Å². The maximum atomic E-state index is 4.86. The predicted octanol–water partition coefficient (Wildman–Crippen LogP) is 7.25. The van der Waals surface area contributed by atoms with Crippen molar-refractivity contribution in [2.75, 3.05) is 0 Å². The predicted molar refractivity (Wildman–Crippen MR) is 172 cm³/mol. The Balaban J connectivity index is 0.000000150. The first-order valence-corrected chi connectivity index (χ1v) is 14.2. The fourth-order valence-electron chi connectivity index (χ4n) is 5.58. The average Bonchev–Trinajstić information content (AvgIpc) is 3.66. The fourth-order valence-corrected chi connectivity index (χ4v) is 5.58. The van der Waals surface area contributed by atoms with E-state index in [0.717, 1.165) is 34.2 Å². The van der Waals surface area contributed by atoms with E-state index >= 15 is 0 Å². The van der Waals surface area contributed by atoms with Gasteiger partial charge in [0.05, 0.1) is 11.1 Å². The van der Waals surface area contributed by atoms with Crippen LogP contribution in [0.1, 0.15) is 11.1 Å². The van der Waals surface area contributed by atoms with E-state index < -0.39 is 0 Å². The molecular weight excluding hydrogens is 705 g/mol. The summed E-state index contributed by atoms with van der Waals surface area (Å²) >= 11 is 0. The first-order valence-electron chi connectivity index (χ1n) is 14.2. The largest absolute Gasteiger partial charge is 3.00 e. The van der Waals surface area contributed by atoms with Crippen LogP contribution in [0.5, 0.6) is 0 Å². The van der Waals surface area contributed by atoms with Gasteiger partial charge in [-0.1, -0.05) is 97.1 Å². The molecule has 0 aliphatic carbocycles. The third kappa shape index (κ3) is 5.80. The second-order valence-electron chi connectivity index (χ2n) is 10.2. The number of aliphatic imine (C=N–C) groups is 2. The number of hydrogen-bond acceptors (Lipinski definition) is 2. The van der Waals surface area contributed by atoms with Crippen LogP contribution in [0.3, 0.4) is 0 Å². The van der Waals surface area contributed by atoms with Crippen LogP contribution in [-0.4, -0.2) is 11.7 Å². The van der Waals surface area contributed by atoms with Crippen LogP contribution in [0.15, 0.2) is 180 Å². The topological polar surface area (TPSA) is 33.6 Å². The van der Waals surface area contributed by atoms with Gasteiger partial charge >= 0.3 is 20.1 Å². The average molecular weight is 735 g/mol. The molecule has 8 rings (SSSR count). The minimum absolute atomic E-state index is 0. The molecule has 0 bridgehead atoms. The standard InChI is InChI=1S/2C19H14N2.Ir/c2*1-3-9-15(10-4-1)19-20-17-13-7-8-14-18(17)21(19)16-11-5-2-6-12-16;/h2*1-14H;/q;;+3/p+2. The number of benzene rings is 6. The van der Waals surface area contributed by atoms with Gasteiger partial charge in [0.2, 0.25) is 11.7 Å². The van der Waals surface area contributed by atoms with E-state index in [0.29, 0.717) is 0 Å². The summed E-state index contributed by atoms with van der Waals surface area (Å²) in [6, 6.07) is 58.5. The smallest absolute Gasteiger partial charge is 0.219 e. The monoisotopic (exact) mass is 735 g/mol. The Hall–Kier alpha value is -4.77. The van der Waals surface area contributed by atoms with Crippen LogP contribution in [-0.2, 0) is 20.1 Å². The second-order valence-corrected chi connectivity index (χ2v) is 10.2. The number of nitrogens with zero attached hydrogens (tertiary/aromatic N) is 2. The Bertz CT molecular complexity index is 1730. The van der Waals surface area contributed by atoms with E-state index in [9.17, 15) is 0 Å². The van der Waals surface area contributed by atoms with E-state index in [1.807, 2.05) is 36.4 Å². The molecule has 6 aromatic carbocycles. The molecule has 0 aromatic heterocycles. The summed E-state index contributed by atoms with van der Waals surface area (Å²) < 4.78 is 0. The normalized spacial score (nSPS) is 16.0. The molecule has 2 aliphatic heterocycles.